The van der Waals surface area contributed by atoms with E-state index in [2.05, 4.69) is 55.2 Å². The molecule has 280 valence electrons. The molecule has 0 aliphatic heterocycles. The van der Waals surface area contributed by atoms with Gasteiger partial charge in [-0.3, -0.25) is 14.4 Å². The molecule has 4 amide bonds. The van der Waals surface area contributed by atoms with Crippen molar-refractivity contribution in [3.63, 3.8) is 0 Å². The third-order valence-corrected chi connectivity index (χ3v) is 9.88. The lowest BCUT2D eigenvalue weighted by Gasteiger charge is -2.29. The average Bonchev–Trinajstić information content (AvgIpc) is 3.62. The van der Waals surface area contributed by atoms with Gasteiger partial charge in [0.15, 0.2) is 5.82 Å². The molecule has 0 unspecified atom stereocenters. The molecule has 14 heteroatoms. The van der Waals surface area contributed by atoms with Gasteiger partial charge >= 0.3 is 6.09 Å². The van der Waals surface area contributed by atoms with E-state index in [1.54, 1.807) is 30.3 Å². The summed E-state index contributed by atoms with van der Waals surface area (Å²) in [7, 11) is 0. The third kappa shape index (κ3) is 11.4. The monoisotopic (exact) mass is 742 g/mol. The number of rotatable bonds is 16. The Morgan fingerprint density at radius 3 is 2.25 bits per heavy atom. The summed E-state index contributed by atoms with van der Waals surface area (Å²) in [5.74, 6) is -0.339. The van der Waals surface area contributed by atoms with Crippen molar-refractivity contribution in [2.75, 3.05) is 38.0 Å². The van der Waals surface area contributed by atoms with Crippen LogP contribution < -0.4 is 21.3 Å². The maximum atomic E-state index is 13.9. The Kier molecular flexibility index (Phi) is 14.0. The van der Waals surface area contributed by atoms with E-state index < -0.39 is 12.1 Å². The summed E-state index contributed by atoms with van der Waals surface area (Å²) in [5.41, 5.74) is 4.40. The van der Waals surface area contributed by atoms with Crippen molar-refractivity contribution in [1.82, 2.24) is 36.0 Å². The van der Waals surface area contributed by atoms with E-state index in [0.29, 0.717) is 55.8 Å². The molecule has 1 saturated carbocycles. The zero-order valence-electron chi connectivity index (χ0n) is 30.0. The average molecular weight is 743 g/mol. The molecule has 1 fully saturated rings. The molecule has 0 saturated heterocycles. The topological polar surface area (TPSA) is 181 Å². The highest BCUT2D eigenvalue weighted by molar-refractivity contribution is 6.28. The number of hydrogen-bond donors (Lipinski definition) is 6. The van der Waals surface area contributed by atoms with Gasteiger partial charge in [0.1, 0.15) is 6.04 Å². The molecule has 4 aromatic rings. The van der Waals surface area contributed by atoms with Crippen molar-refractivity contribution in [3.05, 3.63) is 89.2 Å². The van der Waals surface area contributed by atoms with Crippen molar-refractivity contribution in [3.8, 4) is 22.5 Å². The molecule has 1 aliphatic carbocycles. The maximum Gasteiger partial charge on any atom is 0.404 e. The van der Waals surface area contributed by atoms with Gasteiger partial charge in [-0.25, -0.2) is 4.79 Å². The van der Waals surface area contributed by atoms with Crippen LogP contribution in [-0.2, 0) is 16.0 Å². The van der Waals surface area contributed by atoms with E-state index in [9.17, 15) is 19.2 Å². The van der Waals surface area contributed by atoms with E-state index in [4.69, 9.17) is 16.7 Å². The summed E-state index contributed by atoms with van der Waals surface area (Å²) in [4.78, 5) is 56.5. The number of carboxylic acid groups (broad SMARTS) is 1. The van der Waals surface area contributed by atoms with Crippen LogP contribution in [0.25, 0.3) is 22.5 Å². The van der Waals surface area contributed by atoms with Crippen LogP contribution in [0.3, 0.4) is 0 Å². The first-order valence-electron chi connectivity index (χ1n) is 18.1. The molecule has 13 nitrogen and oxygen atoms in total. The van der Waals surface area contributed by atoms with E-state index in [0.717, 1.165) is 41.9 Å². The van der Waals surface area contributed by atoms with Gasteiger partial charge in [0.05, 0.1) is 0 Å². The van der Waals surface area contributed by atoms with Gasteiger partial charge in [0.25, 0.3) is 5.91 Å². The van der Waals surface area contributed by atoms with Crippen molar-refractivity contribution < 1.29 is 24.3 Å². The molecule has 1 aliphatic rings. The number of nitrogens with one attached hydrogen (secondary N) is 5. The summed E-state index contributed by atoms with van der Waals surface area (Å²) in [5, 5.41) is 28.3. The highest BCUT2D eigenvalue weighted by atomic mass is 35.5. The molecular formula is C39H47ClN8O5. The first-order chi connectivity index (χ1) is 25.6. The Hall–Kier alpha value is -5.27. The van der Waals surface area contributed by atoms with Gasteiger partial charge in [0.2, 0.25) is 17.1 Å². The second kappa shape index (κ2) is 19.0. The molecule has 0 radical (unpaired) electrons. The fourth-order valence-corrected chi connectivity index (χ4v) is 6.72. The van der Waals surface area contributed by atoms with E-state index in [1.165, 1.54) is 0 Å². The lowest BCUT2D eigenvalue weighted by Crippen LogP contribution is -2.48. The van der Waals surface area contributed by atoms with Gasteiger partial charge in [-0.15, -0.1) is 10.2 Å². The number of hydrogen-bond acceptors (Lipinski definition) is 7. The number of H-pyrrole nitrogens is 1. The number of nitrogens with zero attached hydrogens (tertiary/aromatic N) is 3. The van der Waals surface area contributed by atoms with Crippen molar-refractivity contribution in [2.45, 2.75) is 52.0 Å². The van der Waals surface area contributed by atoms with Crippen LogP contribution in [0.5, 0.6) is 0 Å². The molecular weight excluding hydrogens is 696 g/mol. The highest BCUT2D eigenvalue weighted by Crippen LogP contribution is 2.29. The van der Waals surface area contributed by atoms with Crippen LogP contribution >= 0.6 is 11.6 Å². The summed E-state index contributed by atoms with van der Waals surface area (Å²) < 4.78 is 0. The predicted molar refractivity (Wildman–Crippen MR) is 205 cm³/mol. The summed E-state index contributed by atoms with van der Waals surface area (Å²) in [6.45, 7) is 7.73. The Balaban J connectivity index is 1.29. The Morgan fingerprint density at radius 1 is 0.887 bits per heavy atom. The van der Waals surface area contributed by atoms with Gasteiger partial charge in [-0.05, 0) is 109 Å². The van der Waals surface area contributed by atoms with E-state index in [-0.39, 0.29) is 41.3 Å². The normalized spacial score (nSPS) is 16.1. The number of benzene rings is 3. The first kappa shape index (κ1) is 38.9. The SMILES string of the molecule is CCN(CC)CCNC(=O)c1cccc(-c2cccc(C[C@H](NC(=O)[C@H]3CC[C@H](CNC(=O)O)CC3)C(=O)Nc3ccc(-c4nnc(Cl)[nH]4)cc3)c2)c1. The summed E-state index contributed by atoms with van der Waals surface area (Å²) in [6, 6.07) is 21.3. The fraction of sp³-hybridized carbons (Fsp3) is 0.385. The van der Waals surface area contributed by atoms with Gasteiger partial charge in [0, 0.05) is 48.8 Å². The minimum atomic E-state index is -1.06. The first-order valence-corrected chi connectivity index (χ1v) is 18.5. The fourth-order valence-electron chi connectivity index (χ4n) is 6.59. The smallest absolute Gasteiger partial charge is 0.404 e. The Bertz CT molecular complexity index is 1850. The van der Waals surface area contributed by atoms with E-state index in [1.807, 2.05) is 42.5 Å². The second-order valence-electron chi connectivity index (χ2n) is 13.3. The molecule has 6 N–H and O–H groups in total. The van der Waals surface area contributed by atoms with Gasteiger partial charge in [-0.1, -0.05) is 50.2 Å². The van der Waals surface area contributed by atoms with Crippen molar-refractivity contribution >= 4 is 41.1 Å². The minimum Gasteiger partial charge on any atom is -0.465 e. The number of halogens is 1. The number of anilines is 1. The van der Waals surface area contributed by atoms with Gasteiger partial charge < -0.3 is 36.3 Å². The molecule has 53 heavy (non-hydrogen) atoms. The molecule has 1 aromatic heterocycles. The lowest BCUT2D eigenvalue weighted by atomic mass is 9.81. The number of aromatic nitrogens is 3. The van der Waals surface area contributed by atoms with Crippen LogP contribution in [-0.4, -0.2) is 87.8 Å². The van der Waals surface area contributed by atoms with Crippen molar-refractivity contribution in [2.24, 2.45) is 11.8 Å². The number of carbonyl (C=O) groups is 4. The van der Waals surface area contributed by atoms with Crippen LogP contribution in [0.2, 0.25) is 5.28 Å². The number of likely N-dealkylation sites (N-methyl/N-ethyl adjacent to an activating group) is 1. The van der Waals surface area contributed by atoms with Crippen LogP contribution in [0, 0.1) is 11.8 Å². The zero-order valence-corrected chi connectivity index (χ0v) is 30.8. The quantitative estimate of drug-likeness (QED) is 0.0858. The molecule has 0 spiro atoms. The number of aromatic amines is 1. The highest BCUT2D eigenvalue weighted by Gasteiger charge is 2.30. The van der Waals surface area contributed by atoms with Crippen LogP contribution in [0.1, 0.15) is 55.5 Å². The summed E-state index contributed by atoms with van der Waals surface area (Å²) >= 11 is 5.88. The van der Waals surface area contributed by atoms with Crippen molar-refractivity contribution in [1.29, 1.82) is 0 Å². The lowest BCUT2D eigenvalue weighted by molar-refractivity contribution is -0.130. The standard InChI is InChI=1S/C39H47ClN8O5/c1-3-48(4-2)20-19-41-35(49)31-10-6-9-30(23-31)29-8-5-7-26(21-29)22-33(44-36(50)28-13-11-25(12-14-28)24-42-39(52)53)37(51)43-32-17-15-27(16-18-32)34-45-38(40)47-46-34/h5-10,15-18,21,23,25,28,33,42H,3-4,11-14,19-20,22,24H2,1-2H3,(H,41,49)(H,43,51)(H,44,50)(H,52,53)(H,45,46,47)/t25-,28-,33-/m0/s1. The molecule has 1 heterocycles. The number of amides is 4. The molecule has 5 rings (SSSR count). The zero-order chi connectivity index (χ0) is 37.7. The Morgan fingerprint density at radius 2 is 1.58 bits per heavy atom. The molecule has 1 atom stereocenters. The largest absolute Gasteiger partial charge is 0.465 e. The van der Waals surface area contributed by atoms with E-state index >= 15 is 0 Å². The number of carbonyl (C=O) groups excluding carboxylic acids is 3. The Labute approximate surface area is 314 Å². The van der Waals surface area contributed by atoms with Crippen LogP contribution in [0.4, 0.5) is 10.5 Å². The summed E-state index contributed by atoms with van der Waals surface area (Å²) in [6.07, 6.45) is 1.81. The van der Waals surface area contributed by atoms with Crippen LogP contribution in [0.15, 0.2) is 72.8 Å². The molecule has 3 aromatic carbocycles. The maximum absolute atomic E-state index is 13.9. The third-order valence-electron chi connectivity index (χ3n) is 9.71. The predicted octanol–water partition coefficient (Wildman–Crippen LogP) is 5.60. The second-order valence-corrected chi connectivity index (χ2v) is 13.6. The molecule has 0 bridgehead atoms. The minimum absolute atomic E-state index is 0.139. The van der Waals surface area contributed by atoms with Gasteiger partial charge in [-0.2, -0.15) is 0 Å².